The maximum absolute atomic E-state index is 11.7. The first-order chi connectivity index (χ1) is 8.52. The lowest BCUT2D eigenvalue weighted by Gasteiger charge is -2.13. The molecular weight excluding hydrogens is 248 g/mol. The molecule has 0 aliphatic heterocycles. The predicted molar refractivity (Wildman–Crippen MR) is 75.8 cm³/mol. The minimum Gasteiger partial charge on any atom is -0.398 e. The Balaban J connectivity index is 2.45. The highest BCUT2D eigenvalue weighted by atomic mass is 32.2. The normalized spacial score (nSPS) is 12.2. The van der Waals surface area contributed by atoms with E-state index in [4.69, 9.17) is 10.5 Å². The van der Waals surface area contributed by atoms with Crippen molar-refractivity contribution in [2.24, 2.45) is 0 Å². The van der Waals surface area contributed by atoms with Crippen LogP contribution in [0.3, 0.4) is 0 Å². The summed E-state index contributed by atoms with van der Waals surface area (Å²) in [6, 6.07) is 5.84. The van der Waals surface area contributed by atoms with Crippen LogP contribution in [-0.4, -0.2) is 31.4 Å². The van der Waals surface area contributed by atoms with E-state index in [9.17, 15) is 4.79 Å². The van der Waals surface area contributed by atoms with Gasteiger partial charge in [-0.2, -0.15) is 0 Å². The number of hydrogen-bond acceptors (Lipinski definition) is 4. The van der Waals surface area contributed by atoms with Crippen molar-refractivity contribution in [3.8, 4) is 0 Å². The summed E-state index contributed by atoms with van der Waals surface area (Å²) >= 11 is 1.45. The Labute approximate surface area is 112 Å². The zero-order valence-corrected chi connectivity index (χ0v) is 11.8. The van der Waals surface area contributed by atoms with E-state index in [-0.39, 0.29) is 11.9 Å². The van der Waals surface area contributed by atoms with Gasteiger partial charge in [0, 0.05) is 23.7 Å². The first-order valence-electron chi connectivity index (χ1n) is 5.80. The molecule has 0 spiro atoms. The van der Waals surface area contributed by atoms with Gasteiger partial charge in [-0.05, 0) is 31.5 Å². The van der Waals surface area contributed by atoms with Crippen LogP contribution < -0.4 is 11.1 Å². The monoisotopic (exact) mass is 268 g/mol. The Hall–Kier alpha value is -1.20. The Bertz CT molecular complexity index is 410. The molecule has 0 heterocycles. The van der Waals surface area contributed by atoms with Crippen LogP contribution in [0.4, 0.5) is 5.69 Å². The van der Waals surface area contributed by atoms with Gasteiger partial charge in [0.1, 0.15) is 0 Å². The molecule has 0 aromatic heterocycles. The second-order valence-electron chi connectivity index (χ2n) is 4.25. The predicted octanol–water partition coefficient (Wildman–Crippen LogP) is 1.82. The van der Waals surface area contributed by atoms with E-state index in [0.29, 0.717) is 18.0 Å². The standard InChI is InChI=1S/C13H20N2O2S/c1-9-4-5-11(14)12(6-9)18-8-13(16)15-10(2)7-17-3/h4-6,10H,7-8,14H2,1-3H3,(H,15,16). The molecule has 18 heavy (non-hydrogen) atoms. The van der Waals surface area contributed by atoms with Crippen molar-refractivity contribution in [1.82, 2.24) is 5.32 Å². The molecule has 1 amide bonds. The average molecular weight is 268 g/mol. The van der Waals surface area contributed by atoms with Gasteiger partial charge in [-0.3, -0.25) is 4.79 Å². The van der Waals surface area contributed by atoms with Crippen molar-refractivity contribution >= 4 is 23.4 Å². The fourth-order valence-corrected chi connectivity index (χ4v) is 2.39. The van der Waals surface area contributed by atoms with Crippen LogP contribution >= 0.6 is 11.8 Å². The van der Waals surface area contributed by atoms with E-state index < -0.39 is 0 Å². The number of amides is 1. The number of thioether (sulfide) groups is 1. The molecule has 1 aromatic carbocycles. The molecule has 0 aliphatic rings. The van der Waals surface area contributed by atoms with Gasteiger partial charge in [-0.1, -0.05) is 6.07 Å². The highest BCUT2D eigenvalue weighted by Gasteiger charge is 2.08. The van der Waals surface area contributed by atoms with Crippen molar-refractivity contribution in [3.63, 3.8) is 0 Å². The van der Waals surface area contributed by atoms with Crippen LogP contribution in [0.5, 0.6) is 0 Å². The first-order valence-corrected chi connectivity index (χ1v) is 6.78. The third-order valence-electron chi connectivity index (χ3n) is 2.35. The Morgan fingerprint density at radius 1 is 1.56 bits per heavy atom. The number of hydrogen-bond donors (Lipinski definition) is 2. The summed E-state index contributed by atoms with van der Waals surface area (Å²) in [7, 11) is 1.62. The highest BCUT2D eigenvalue weighted by Crippen LogP contribution is 2.25. The Morgan fingerprint density at radius 2 is 2.28 bits per heavy atom. The zero-order chi connectivity index (χ0) is 13.5. The van der Waals surface area contributed by atoms with Crippen molar-refractivity contribution in [2.45, 2.75) is 24.8 Å². The molecule has 0 saturated carbocycles. The Kier molecular flexibility index (Phi) is 6.01. The number of anilines is 1. The zero-order valence-electron chi connectivity index (χ0n) is 11.0. The number of carbonyl (C=O) groups excluding carboxylic acids is 1. The summed E-state index contributed by atoms with van der Waals surface area (Å²) in [5.41, 5.74) is 7.70. The van der Waals surface area contributed by atoms with E-state index in [2.05, 4.69) is 5.32 Å². The molecule has 0 radical (unpaired) electrons. The van der Waals surface area contributed by atoms with Gasteiger partial charge in [0.25, 0.3) is 0 Å². The SMILES string of the molecule is COCC(C)NC(=O)CSc1cc(C)ccc1N. The van der Waals surface area contributed by atoms with E-state index >= 15 is 0 Å². The van der Waals surface area contributed by atoms with Gasteiger partial charge in [-0.25, -0.2) is 0 Å². The molecule has 1 rings (SSSR count). The molecule has 1 aromatic rings. The number of carbonyl (C=O) groups is 1. The number of methoxy groups -OCH3 is 1. The molecule has 1 atom stereocenters. The van der Waals surface area contributed by atoms with Crippen molar-refractivity contribution in [3.05, 3.63) is 23.8 Å². The molecule has 3 N–H and O–H groups in total. The van der Waals surface area contributed by atoms with Crippen LogP contribution in [0.25, 0.3) is 0 Å². The molecule has 4 nitrogen and oxygen atoms in total. The average Bonchev–Trinajstić information content (AvgIpc) is 2.30. The first kappa shape index (κ1) is 14.9. The molecule has 0 saturated heterocycles. The fourth-order valence-electron chi connectivity index (χ4n) is 1.52. The largest absolute Gasteiger partial charge is 0.398 e. The second kappa shape index (κ2) is 7.28. The van der Waals surface area contributed by atoms with Crippen LogP contribution in [0.15, 0.2) is 23.1 Å². The van der Waals surface area contributed by atoms with Gasteiger partial charge in [0.2, 0.25) is 5.91 Å². The van der Waals surface area contributed by atoms with Gasteiger partial charge < -0.3 is 15.8 Å². The third-order valence-corrected chi connectivity index (χ3v) is 3.42. The lowest BCUT2D eigenvalue weighted by Crippen LogP contribution is -2.36. The molecule has 0 bridgehead atoms. The third kappa shape index (κ3) is 4.98. The van der Waals surface area contributed by atoms with Gasteiger partial charge in [0.15, 0.2) is 0 Å². The number of nitrogens with two attached hydrogens (primary N) is 1. The maximum Gasteiger partial charge on any atom is 0.230 e. The maximum atomic E-state index is 11.7. The summed E-state index contributed by atoms with van der Waals surface area (Å²) < 4.78 is 4.96. The van der Waals surface area contributed by atoms with Crippen LogP contribution in [-0.2, 0) is 9.53 Å². The molecule has 0 fully saturated rings. The quantitative estimate of drug-likeness (QED) is 0.610. The smallest absolute Gasteiger partial charge is 0.230 e. The molecule has 0 aliphatic carbocycles. The van der Waals surface area contributed by atoms with Crippen molar-refractivity contribution in [1.29, 1.82) is 0 Å². The number of nitrogen functional groups attached to an aromatic ring is 1. The Morgan fingerprint density at radius 3 is 2.94 bits per heavy atom. The van der Waals surface area contributed by atoms with Crippen molar-refractivity contribution in [2.75, 3.05) is 25.2 Å². The lowest BCUT2D eigenvalue weighted by molar-refractivity contribution is -0.119. The molecular formula is C13H20N2O2S. The summed E-state index contributed by atoms with van der Waals surface area (Å²) in [6.07, 6.45) is 0. The van der Waals surface area contributed by atoms with Crippen molar-refractivity contribution < 1.29 is 9.53 Å². The minimum atomic E-state index is -0.00884. The number of rotatable bonds is 6. The van der Waals surface area contributed by atoms with E-state index in [0.717, 1.165) is 10.5 Å². The summed E-state index contributed by atoms with van der Waals surface area (Å²) in [6.45, 7) is 4.43. The second-order valence-corrected chi connectivity index (χ2v) is 5.27. The lowest BCUT2D eigenvalue weighted by atomic mass is 10.2. The van der Waals surface area contributed by atoms with Gasteiger partial charge >= 0.3 is 0 Å². The minimum absolute atomic E-state index is 0.00884. The number of aryl methyl sites for hydroxylation is 1. The van der Waals surface area contributed by atoms with Gasteiger partial charge in [-0.15, -0.1) is 11.8 Å². The van der Waals surface area contributed by atoms with E-state index in [1.807, 2.05) is 32.0 Å². The van der Waals surface area contributed by atoms with Crippen LogP contribution in [0, 0.1) is 6.92 Å². The summed E-state index contributed by atoms with van der Waals surface area (Å²) in [5.74, 6) is 0.354. The van der Waals surface area contributed by atoms with Crippen LogP contribution in [0.2, 0.25) is 0 Å². The number of nitrogens with one attached hydrogen (secondary N) is 1. The highest BCUT2D eigenvalue weighted by molar-refractivity contribution is 8.00. The summed E-state index contributed by atoms with van der Waals surface area (Å²) in [4.78, 5) is 12.6. The summed E-state index contributed by atoms with van der Waals surface area (Å²) in [5, 5.41) is 2.86. The fraction of sp³-hybridized carbons (Fsp3) is 0.462. The molecule has 100 valence electrons. The number of benzene rings is 1. The number of ether oxygens (including phenoxy) is 1. The van der Waals surface area contributed by atoms with E-state index in [1.165, 1.54) is 11.8 Å². The molecule has 5 heteroatoms. The van der Waals surface area contributed by atoms with Gasteiger partial charge in [0.05, 0.1) is 12.4 Å². The topological polar surface area (TPSA) is 64.3 Å². The molecule has 1 unspecified atom stereocenters. The van der Waals surface area contributed by atoms with E-state index in [1.54, 1.807) is 7.11 Å². The van der Waals surface area contributed by atoms with Crippen LogP contribution in [0.1, 0.15) is 12.5 Å².